The second-order valence-corrected chi connectivity index (χ2v) is 5.70. The minimum Gasteiger partial charge on any atom is -0.497 e. The van der Waals surface area contributed by atoms with E-state index in [9.17, 15) is 9.59 Å². The molecule has 136 valence electrons. The molecule has 2 unspecified atom stereocenters. The molecule has 7 heteroatoms. The molecule has 2 aromatic carbocycles. The number of rotatable bonds is 4. The van der Waals surface area contributed by atoms with Gasteiger partial charge in [-0.3, -0.25) is 4.79 Å². The van der Waals surface area contributed by atoms with Crippen LogP contribution in [-0.2, 0) is 9.53 Å². The molecule has 0 fully saturated rings. The fourth-order valence-corrected chi connectivity index (χ4v) is 2.65. The number of benzene rings is 2. The van der Waals surface area contributed by atoms with Gasteiger partial charge in [0.2, 0.25) is 6.10 Å². The Bertz CT molecular complexity index is 835. The molecule has 0 aromatic heterocycles. The molecule has 1 heterocycles. The van der Waals surface area contributed by atoms with Crippen molar-refractivity contribution in [2.45, 2.75) is 19.1 Å². The van der Waals surface area contributed by atoms with Gasteiger partial charge >= 0.3 is 5.97 Å². The molecule has 1 N–H and O–H groups in total. The lowest BCUT2D eigenvalue weighted by atomic mass is 10.1. The molecule has 2 aromatic rings. The number of para-hydroxylation sites is 2. The third kappa shape index (κ3) is 3.42. The summed E-state index contributed by atoms with van der Waals surface area (Å²) in [5, 5.41) is 2.71. The standard InChI is InChI=1S/C19H19NO6/c1-11-17(26-16-7-5-4-6-15(16)25-11)18(21)20-14-9-8-12(23-2)10-13(14)19(22)24-3/h4-11,17H,1-3H3,(H,20,21). The third-order valence-corrected chi connectivity index (χ3v) is 3.99. The zero-order valence-electron chi connectivity index (χ0n) is 14.6. The SMILES string of the molecule is COC(=O)c1cc(OC)ccc1NC(=O)C1Oc2ccccc2OC1C. The van der Waals surface area contributed by atoms with Crippen LogP contribution in [0.25, 0.3) is 0 Å². The number of fused-ring (bicyclic) bond motifs is 1. The van der Waals surface area contributed by atoms with Gasteiger partial charge in [0.25, 0.3) is 5.91 Å². The first-order chi connectivity index (χ1) is 12.5. The Morgan fingerprint density at radius 1 is 1.04 bits per heavy atom. The highest BCUT2D eigenvalue weighted by Gasteiger charge is 2.34. The van der Waals surface area contributed by atoms with E-state index in [0.29, 0.717) is 22.9 Å². The van der Waals surface area contributed by atoms with Crippen molar-refractivity contribution >= 4 is 17.6 Å². The van der Waals surface area contributed by atoms with Crippen LogP contribution < -0.4 is 19.5 Å². The van der Waals surface area contributed by atoms with Crippen LogP contribution in [0.2, 0.25) is 0 Å². The molecule has 3 rings (SSSR count). The Hall–Kier alpha value is -3.22. The summed E-state index contributed by atoms with van der Waals surface area (Å²) >= 11 is 0. The number of methoxy groups -OCH3 is 2. The van der Waals surface area contributed by atoms with E-state index in [2.05, 4.69) is 5.32 Å². The molecular formula is C19H19NO6. The lowest BCUT2D eigenvalue weighted by Gasteiger charge is -2.31. The molecule has 1 aliphatic heterocycles. The van der Waals surface area contributed by atoms with Crippen LogP contribution in [-0.4, -0.2) is 38.3 Å². The topological polar surface area (TPSA) is 83.1 Å². The molecule has 0 radical (unpaired) electrons. The Morgan fingerprint density at radius 2 is 1.73 bits per heavy atom. The summed E-state index contributed by atoms with van der Waals surface area (Å²) in [5.41, 5.74) is 0.488. The maximum atomic E-state index is 12.7. The molecule has 0 saturated carbocycles. The predicted molar refractivity (Wildman–Crippen MR) is 93.9 cm³/mol. The number of amides is 1. The normalized spacial score (nSPS) is 18.0. The van der Waals surface area contributed by atoms with Gasteiger partial charge in [0.15, 0.2) is 11.5 Å². The minimum absolute atomic E-state index is 0.185. The molecule has 0 aliphatic carbocycles. The lowest BCUT2D eigenvalue weighted by molar-refractivity contribution is -0.128. The Labute approximate surface area is 150 Å². The fourth-order valence-electron chi connectivity index (χ4n) is 2.65. The second kappa shape index (κ2) is 7.35. The van der Waals surface area contributed by atoms with Gasteiger partial charge in [0.05, 0.1) is 25.5 Å². The van der Waals surface area contributed by atoms with E-state index >= 15 is 0 Å². The van der Waals surface area contributed by atoms with Crippen LogP contribution in [0, 0.1) is 0 Å². The molecule has 7 nitrogen and oxygen atoms in total. The maximum absolute atomic E-state index is 12.7. The summed E-state index contributed by atoms with van der Waals surface area (Å²) in [6.45, 7) is 1.75. The van der Waals surface area contributed by atoms with Crippen LogP contribution in [0.3, 0.4) is 0 Å². The summed E-state index contributed by atoms with van der Waals surface area (Å²) in [6.07, 6.45) is -1.36. The molecule has 0 bridgehead atoms. The number of anilines is 1. The first-order valence-electron chi connectivity index (χ1n) is 8.03. The van der Waals surface area contributed by atoms with Gasteiger partial charge < -0.3 is 24.3 Å². The molecule has 2 atom stereocenters. The summed E-state index contributed by atoms with van der Waals surface area (Å²) in [7, 11) is 2.76. The zero-order valence-corrected chi connectivity index (χ0v) is 14.6. The van der Waals surface area contributed by atoms with Gasteiger partial charge in [-0.1, -0.05) is 12.1 Å². The smallest absolute Gasteiger partial charge is 0.340 e. The average molecular weight is 357 g/mol. The van der Waals surface area contributed by atoms with Gasteiger partial charge in [-0.2, -0.15) is 0 Å². The van der Waals surface area contributed by atoms with Crippen LogP contribution >= 0.6 is 0 Å². The first-order valence-corrected chi connectivity index (χ1v) is 8.03. The van der Waals surface area contributed by atoms with E-state index in [0.717, 1.165) is 0 Å². The van der Waals surface area contributed by atoms with Gasteiger partial charge in [-0.25, -0.2) is 4.79 Å². The van der Waals surface area contributed by atoms with E-state index in [1.54, 1.807) is 37.3 Å². The minimum atomic E-state index is -0.863. The van der Waals surface area contributed by atoms with Crippen LogP contribution in [0.15, 0.2) is 42.5 Å². The number of ether oxygens (including phenoxy) is 4. The monoisotopic (exact) mass is 357 g/mol. The quantitative estimate of drug-likeness (QED) is 0.847. The fraction of sp³-hybridized carbons (Fsp3) is 0.263. The number of hydrogen-bond acceptors (Lipinski definition) is 6. The van der Waals surface area contributed by atoms with Gasteiger partial charge in [0, 0.05) is 0 Å². The van der Waals surface area contributed by atoms with Crippen molar-refractivity contribution in [2.24, 2.45) is 0 Å². The maximum Gasteiger partial charge on any atom is 0.340 e. The molecule has 0 saturated heterocycles. The van der Waals surface area contributed by atoms with Crippen molar-refractivity contribution in [1.82, 2.24) is 0 Å². The lowest BCUT2D eigenvalue weighted by Crippen LogP contribution is -2.46. The molecule has 1 amide bonds. The van der Waals surface area contributed by atoms with Crippen molar-refractivity contribution < 1.29 is 28.5 Å². The zero-order chi connectivity index (χ0) is 18.7. The summed E-state index contributed by atoms with van der Waals surface area (Å²) in [5.74, 6) is 0.543. The molecule has 1 aliphatic rings. The summed E-state index contributed by atoms with van der Waals surface area (Å²) < 4.78 is 21.4. The predicted octanol–water partition coefficient (Wildman–Crippen LogP) is 2.65. The highest BCUT2D eigenvalue weighted by molar-refractivity contribution is 6.03. The van der Waals surface area contributed by atoms with E-state index in [1.165, 1.54) is 20.3 Å². The summed E-state index contributed by atoms with van der Waals surface area (Å²) in [6, 6.07) is 11.8. The van der Waals surface area contributed by atoms with Gasteiger partial charge in [-0.05, 0) is 37.3 Å². The highest BCUT2D eigenvalue weighted by atomic mass is 16.6. The van der Waals surface area contributed by atoms with Crippen molar-refractivity contribution in [3.63, 3.8) is 0 Å². The Balaban J connectivity index is 1.83. The van der Waals surface area contributed by atoms with Crippen molar-refractivity contribution in [2.75, 3.05) is 19.5 Å². The van der Waals surface area contributed by atoms with Crippen molar-refractivity contribution in [3.8, 4) is 17.2 Å². The highest BCUT2D eigenvalue weighted by Crippen LogP contribution is 2.34. The molecule has 0 spiro atoms. The van der Waals surface area contributed by atoms with Gasteiger partial charge in [-0.15, -0.1) is 0 Å². The van der Waals surface area contributed by atoms with Crippen molar-refractivity contribution in [3.05, 3.63) is 48.0 Å². The number of hydrogen-bond donors (Lipinski definition) is 1. The second-order valence-electron chi connectivity index (χ2n) is 5.70. The molecular weight excluding hydrogens is 338 g/mol. The van der Waals surface area contributed by atoms with Gasteiger partial charge in [0.1, 0.15) is 11.9 Å². The summed E-state index contributed by atoms with van der Waals surface area (Å²) in [4.78, 5) is 24.7. The van der Waals surface area contributed by atoms with E-state index in [4.69, 9.17) is 18.9 Å². The average Bonchev–Trinajstić information content (AvgIpc) is 2.67. The van der Waals surface area contributed by atoms with Crippen LogP contribution in [0.4, 0.5) is 5.69 Å². The largest absolute Gasteiger partial charge is 0.497 e. The van der Waals surface area contributed by atoms with Crippen LogP contribution in [0.5, 0.6) is 17.2 Å². The number of esters is 1. The van der Waals surface area contributed by atoms with E-state index in [1.807, 2.05) is 6.07 Å². The number of nitrogens with one attached hydrogen (secondary N) is 1. The number of carbonyl (C=O) groups excluding carboxylic acids is 2. The van der Waals surface area contributed by atoms with Crippen LogP contribution in [0.1, 0.15) is 17.3 Å². The van der Waals surface area contributed by atoms with Crippen molar-refractivity contribution in [1.29, 1.82) is 0 Å². The number of carbonyl (C=O) groups is 2. The Kier molecular flexibility index (Phi) is 4.97. The molecule has 26 heavy (non-hydrogen) atoms. The van der Waals surface area contributed by atoms with E-state index in [-0.39, 0.29) is 5.56 Å². The third-order valence-electron chi connectivity index (χ3n) is 3.99. The van der Waals surface area contributed by atoms with E-state index < -0.39 is 24.1 Å². The first kappa shape index (κ1) is 17.6. The Morgan fingerprint density at radius 3 is 2.38 bits per heavy atom.